The number of hydrogen-bond acceptors (Lipinski definition) is 2. The van der Waals surface area contributed by atoms with Crippen LogP contribution in [0.2, 0.25) is 0 Å². The summed E-state index contributed by atoms with van der Waals surface area (Å²) in [5, 5.41) is 6.81. The second kappa shape index (κ2) is 5.86. The number of aromatic nitrogens is 2. The average molecular weight is 205 g/mol. The molecule has 1 unspecified atom stereocenters. The number of carbonyl (C=O) groups is 1. The predicted molar refractivity (Wildman–Crippen MR) is 57.9 cm³/mol. The van der Waals surface area contributed by atoms with E-state index >= 15 is 0 Å². The second-order valence-corrected chi connectivity index (χ2v) is 3.28. The molecule has 1 aromatic heterocycles. The standard InChI is InChI=1S/C11H15N3O/c1-3-6-10(4-2)13-11(15)9-14-8-5-7-12-14/h1,5,7-8,10H,4,6,9H2,2H3,(H,13,15). The Morgan fingerprint density at radius 3 is 3.07 bits per heavy atom. The lowest BCUT2D eigenvalue weighted by molar-refractivity contribution is -0.122. The molecule has 80 valence electrons. The summed E-state index contributed by atoms with van der Waals surface area (Å²) in [5.74, 6) is 2.49. The van der Waals surface area contributed by atoms with E-state index in [1.165, 1.54) is 0 Å². The highest BCUT2D eigenvalue weighted by atomic mass is 16.2. The van der Waals surface area contributed by atoms with E-state index in [0.717, 1.165) is 6.42 Å². The zero-order valence-electron chi connectivity index (χ0n) is 8.81. The van der Waals surface area contributed by atoms with Gasteiger partial charge in [0, 0.05) is 24.9 Å². The van der Waals surface area contributed by atoms with Crippen LogP contribution in [0.4, 0.5) is 0 Å². The number of hydrogen-bond donors (Lipinski definition) is 1. The molecule has 0 spiro atoms. The number of rotatable bonds is 5. The van der Waals surface area contributed by atoms with Crippen molar-refractivity contribution in [1.82, 2.24) is 15.1 Å². The summed E-state index contributed by atoms with van der Waals surface area (Å²) < 4.78 is 1.58. The van der Waals surface area contributed by atoms with Crippen molar-refractivity contribution in [3.8, 4) is 12.3 Å². The van der Waals surface area contributed by atoms with Gasteiger partial charge in [-0.3, -0.25) is 9.48 Å². The molecular weight excluding hydrogens is 190 g/mol. The number of carbonyl (C=O) groups excluding carboxylic acids is 1. The molecule has 0 radical (unpaired) electrons. The van der Waals surface area contributed by atoms with Crippen LogP contribution in [0.15, 0.2) is 18.5 Å². The SMILES string of the molecule is C#CCC(CC)NC(=O)Cn1cccn1. The molecule has 0 aliphatic heterocycles. The molecular formula is C11H15N3O. The Balaban J connectivity index is 2.38. The van der Waals surface area contributed by atoms with Crippen molar-refractivity contribution in [2.75, 3.05) is 0 Å². The maximum absolute atomic E-state index is 11.5. The molecule has 0 aliphatic carbocycles. The molecule has 0 aromatic carbocycles. The van der Waals surface area contributed by atoms with Gasteiger partial charge in [0.25, 0.3) is 0 Å². The van der Waals surface area contributed by atoms with Crippen molar-refractivity contribution in [2.45, 2.75) is 32.4 Å². The minimum atomic E-state index is -0.0548. The summed E-state index contributed by atoms with van der Waals surface area (Å²) in [4.78, 5) is 11.5. The Morgan fingerprint density at radius 1 is 1.73 bits per heavy atom. The van der Waals surface area contributed by atoms with Crippen LogP contribution < -0.4 is 5.32 Å². The van der Waals surface area contributed by atoms with Gasteiger partial charge in [-0.1, -0.05) is 6.92 Å². The average Bonchev–Trinajstić information content (AvgIpc) is 2.69. The smallest absolute Gasteiger partial charge is 0.241 e. The fourth-order valence-electron chi connectivity index (χ4n) is 1.25. The lowest BCUT2D eigenvalue weighted by Crippen LogP contribution is -2.36. The van der Waals surface area contributed by atoms with Crippen LogP contribution >= 0.6 is 0 Å². The van der Waals surface area contributed by atoms with Crippen molar-refractivity contribution >= 4 is 5.91 Å². The van der Waals surface area contributed by atoms with Gasteiger partial charge < -0.3 is 5.32 Å². The van der Waals surface area contributed by atoms with Crippen LogP contribution in [0.25, 0.3) is 0 Å². The van der Waals surface area contributed by atoms with E-state index in [1.54, 1.807) is 23.1 Å². The molecule has 1 atom stereocenters. The number of amides is 1. The molecule has 1 rings (SSSR count). The first-order valence-electron chi connectivity index (χ1n) is 4.96. The molecule has 4 heteroatoms. The van der Waals surface area contributed by atoms with Gasteiger partial charge in [-0.2, -0.15) is 5.10 Å². The molecule has 0 fully saturated rings. The summed E-state index contributed by atoms with van der Waals surface area (Å²) in [6, 6.07) is 1.85. The Labute approximate surface area is 89.7 Å². The first-order chi connectivity index (χ1) is 7.26. The van der Waals surface area contributed by atoms with Gasteiger partial charge in [-0.25, -0.2) is 0 Å². The number of nitrogens with zero attached hydrogens (tertiary/aromatic N) is 2. The zero-order valence-corrected chi connectivity index (χ0v) is 8.81. The molecule has 0 bridgehead atoms. The maximum Gasteiger partial charge on any atom is 0.241 e. The van der Waals surface area contributed by atoms with Crippen molar-refractivity contribution in [2.24, 2.45) is 0 Å². The van der Waals surface area contributed by atoms with Crippen LogP contribution in [0.5, 0.6) is 0 Å². The van der Waals surface area contributed by atoms with Crippen LogP contribution in [0.3, 0.4) is 0 Å². The monoisotopic (exact) mass is 205 g/mol. The van der Waals surface area contributed by atoms with Crippen LogP contribution in [0.1, 0.15) is 19.8 Å². The van der Waals surface area contributed by atoms with Gasteiger partial charge in [0.1, 0.15) is 6.54 Å². The third kappa shape index (κ3) is 3.86. The first kappa shape index (κ1) is 11.3. The summed E-state index contributed by atoms with van der Waals surface area (Å²) >= 11 is 0. The van der Waals surface area contributed by atoms with Gasteiger partial charge in [-0.15, -0.1) is 12.3 Å². The Kier molecular flexibility index (Phi) is 4.42. The third-order valence-electron chi connectivity index (χ3n) is 2.09. The predicted octanol–water partition coefficient (Wildman–Crippen LogP) is 0.801. The fraction of sp³-hybridized carbons (Fsp3) is 0.455. The zero-order chi connectivity index (χ0) is 11.1. The molecule has 1 heterocycles. The molecule has 15 heavy (non-hydrogen) atoms. The molecule has 4 nitrogen and oxygen atoms in total. The van der Waals surface area contributed by atoms with Crippen LogP contribution in [-0.4, -0.2) is 21.7 Å². The van der Waals surface area contributed by atoms with Crippen molar-refractivity contribution in [1.29, 1.82) is 0 Å². The summed E-state index contributed by atoms with van der Waals surface area (Å²) in [6.45, 7) is 2.24. The topological polar surface area (TPSA) is 46.9 Å². The minimum Gasteiger partial charge on any atom is -0.351 e. The highest BCUT2D eigenvalue weighted by Gasteiger charge is 2.09. The maximum atomic E-state index is 11.5. The lowest BCUT2D eigenvalue weighted by Gasteiger charge is -2.13. The van der Waals surface area contributed by atoms with Gasteiger partial charge in [0.15, 0.2) is 0 Å². The van der Waals surface area contributed by atoms with E-state index in [1.807, 2.05) is 6.92 Å². The van der Waals surface area contributed by atoms with Crippen molar-refractivity contribution in [3.63, 3.8) is 0 Å². The molecule has 0 saturated carbocycles. The van der Waals surface area contributed by atoms with Crippen molar-refractivity contribution < 1.29 is 4.79 Å². The normalized spacial score (nSPS) is 11.7. The Bertz CT molecular complexity index is 337. The summed E-state index contributed by atoms with van der Waals surface area (Å²) in [7, 11) is 0. The number of terminal acetylenes is 1. The van der Waals surface area contributed by atoms with E-state index in [4.69, 9.17) is 6.42 Å². The third-order valence-corrected chi connectivity index (χ3v) is 2.09. The van der Waals surface area contributed by atoms with E-state index in [9.17, 15) is 4.79 Å². The summed E-state index contributed by atoms with van der Waals surface area (Å²) in [6.07, 6.45) is 10.0. The highest BCUT2D eigenvalue weighted by Crippen LogP contribution is 1.96. The minimum absolute atomic E-state index is 0.0548. The van der Waals surface area contributed by atoms with E-state index in [-0.39, 0.29) is 18.5 Å². The van der Waals surface area contributed by atoms with Gasteiger partial charge in [-0.05, 0) is 12.5 Å². The highest BCUT2D eigenvalue weighted by molar-refractivity contribution is 5.75. The number of nitrogens with one attached hydrogen (secondary N) is 1. The van der Waals surface area contributed by atoms with Gasteiger partial charge >= 0.3 is 0 Å². The van der Waals surface area contributed by atoms with Gasteiger partial charge in [0.2, 0.25) is 5.91 Å². The largest absolute Gasteiger partial charge is 0.351 e. The molecule has 1 amide bonds. The van der Waals surface area contributed by atoms with E-state index in [2.05, 4.69) is 16.3 Å². The van der Waals surface area contributed by atoms with Gasteiger partial charge in [0.05, 0.1) is 0 Å². The van der Waals surface area contributed by atoms with Crippen LogP contribution in [0, 0.1) is 12.3 Å². The molecule has 1 N–H and O–H groups in total. The second-order valence-electron chi connectivity index (χ2n) is 3.28. The molecule has 1 aromatic rings. The fourth-order valence-corrected chi connectivity index (χ4v) is 1.25. The molecule has 0 aliphatic rings. The summed E-state index contributed by atoms with van der Waals surface area (Å²) in [5.41, 5.74) is 0. The van der Waals surface area contributed by atoms with Crippen molar-refractivity contribution in [3.05, 3.63) is 18.5 Å². The molecule has 0 saturated heterocycles. The Morgan fingerprint density at radius 2 is 2.53 bits per heavy atom. The quantitative estimate of drug-likeness (QED) is 0.723. The Hall–Kier alpha value is -1.76. The first-order valence-corrected chi connectivity index (χ1v) is 4.96. The van der Waals surface area contributed by atoms with Crippen LogP contribution in [-0.2, 0) is 11.3 Å². The van der Waals surface area contributed by atoms with E-state index < -0.39 is 0 Å². The lowest BCUT2D eigenvalue weighted by atomic mass is 10.1. The van der Waals surface area contributed by atoms with E-state index in [0.29, 0.717) is 6.42 Å².